The molecule has 0 unspecified atom stereocenters. The third kappa shape index (κ3) is 41000. The maximum Gasteiger partial charge on any atom is 0.182 e. The van der Waals surface area contributed by atoms with Crippen LogP contribution in [0.1, 0.15) is 14.4 Å². The molecule has 32 valence electrons. The molecule has 0 saturated carbocycles. The first-order valence-corrected chi connectivity index (χ1v) is 1.37. The van der Waals surface area contributed by atoms with Crippen molar-refractivity contribution in [3.8, 4) is 0 Å². The van der Waals surface area contributed by atoms with Crippen LogP contribution in [0.2, 0.25) is 0 Å². The number of carbonyl (C=O) groups excluding carboxylic acids is 1. The molecule has 0 bridgehead atoms. The van der Waals surface area contributed by atoms with E-state index < -0.39 is 0 Å². The van der Waals surface area contributed by atoms with Crippen LogP contribution < -0.4 is 0 Å². The van der Waals surface area contributed by atoms with Crippen molar-refractivity contribution in [2.45, 2.75) is 14.4 Å². The molecule has 0 amide bonds. The van der Waals surface area contributed by atoms with Gasteiger partial charge >= 0.3 is 0 Å². The SMILES string of the molecule is C.CC(=O)S. The van der Waals surface area contributed by atoms with Crippen molar-refractivity contribution in [2.75, 3.05) is 0 Å². The fourth-order valence-electron chi connectivity index (χ4n) is 0. The van der Waals surface area contributed by atoms with Crippen LogP contribution in [0.15, 0.2) is 0 Å². The Balaban J connectivity index is 0. The highest BCUT2D eigenvalue weighted by atomic mass is 32.1. The summed E-state index contributed by atoms with van der Waals surface area (Å²) in [6.45, 7) is 1.39. The van der Waals surface area contributed by atoms with Gasteiger partial charge in [0.05, 0.1) is 0 Å². The van der Waals surface area contributed by atoms with Gasteiger partial charge in [0.25, 0.3) is 0 Å². The van der Waals surface area contributed by atoms with Crippen molar-refractivity contribution in [1.29, 1.82) is 0 Å². The Morgan fingerprint density at radius 3 is 1.80 bits per heavy atom. The molecule has 0 radical (unpaired) electrons. The van der Waals surface area contributed by atoms with Crippen molar-refractivity contribution in [3.63, 3.8) is 0 Å². The minimum absolute atomic E-state index is 0. The molecule has 0 fully saturated rings. The van der Waals surface area contributed by atoms with E-state index in [9.17, 15) is 4.79 Å². The second-order valence-electron chi connectivity index (χ2n) is 0.519. The van der Waals surface area contributed by atoms with Gasteiger partial charge in [-0.2, -0.15) is 0 Å². The molecule has 0 aliphatic carbocycles. The van der Waals surface area contributed by atoms with E-state index in [-0.39, 0.29) is 12.5 Å². The van der Waals surface area contributed by atoms with Crippen molar-refractivity contribution in [3.05, 3.63) is 0 Å². The van der Waals surface area contributed by atoms with E-state index in [1.165, 1.54) is 6.92 Å². The topological polar surface area (TPSA) is 17.1 Å². The van der Waals surface area contributed by atoms with Gasteiger partial charge < -0.3 is 0 Å². The van der Waals surface area contributed by atoms with E-state index in [1.807, 2.05) is 0 Å². The fourth-order valence-corrected chi connectivity index (χ4v) is 0. The molecule has 0 spiro atoms. The molecule has 0 atom stereocenters. The zero-order chi connectivity index (χ0) is 3.58. The van der Waals surface area contributed by atoms with Gasteiger partial charge in [0.1, 0.15) is 0 Å². The lowest BCUT2D eigenvalue weighted by molar-refractivity contribution is -0.108. The minimum atomic E-state index is -0.139. The Morgan fingerprint density at radius 1 is 1.80 bits per heavy atom. The molecule has 0 heterocycles. The van der Waals surface area contributed by atoms with Crippen molar-refractivity contribution in [1.82, 2.24) is 0 Å². The van der Waals surface area contributed by atoms with Gasteiger partial charge in [-0.1, -0.05) is 7.43 Å². The van der Waals surface area contributed by atoms with Crippen molar-refractivity contribution >= 4 is 17.7 Å². The van der Waals surface area contributed by atoms with E-state index in [4.69, 9.17) is 0 Å². The summed E-state index contributed by atoms with van der Waals surface area (Å²) in [5.74, 6) is 0. The average Bonchev–Trinajstić information content (AvgIpc) is 0.811. The zero-order valence-corrected chi connectivity index (χ0v) is 3.25. The molecule has 0 aromatic rings. The molecule has 0 aromatic carbocycles. The van der Waals surface area contributed by atoms with Crippen LogP contribution in [0.5, 0.6) is 0 Å². The van der Waals surface area contributed by atoms with Crippen LogP contribution in [0, 0.1) is 0 Å². The molecule has 0 N–H and O–H groups in total. The Morgan fingerprint density at radius 2 is 1.80 bits per heavy atom. The third-order valence-corrected chi connectivity index (χ3v) is 0. The third-order valence-electron chi connectivity index (χ3n) is 0. The summed E-state index contributed by atoms with van der Waals surface area (Å²) in [5, 5.41) is -0.139. The van der Waals surface area contributed by atoms with E-state index in [0.717, 1.165) is 0 Å². The molecule has 0 aromatic heterocycles. The van der Waals surface area contributed by atoms with Gasteiger partial charge in [-0.05, 0) is 0 Å². The quantitative estimate of drug-likeness (QED) is 0.443. The predicted molar refractivity (Wildman–Crippen MR) is 26.4 cm³/mol. The lowest BCUT2D eigenvalue weighted by Gasteiger charge is -1.55. The van der Waals surface area contributed by atoms with Crippen LogP contribution in [0.4, 0.5) is 0 Å². The van der Waals surface area contributed by atoms with E-state index in [2.05, 4.69) is 12.6 Å². The highest BCUT2D eigenvalue weighted by Gasteiger charge is 1.63. The molecule has 0 rings (SSSR count). The Hall–Kier alpha value is 0.0200. The van der Waals surface area contributed by atoms with E-state index >= 15 is 0 Å². The number of hydrogen-bond donors (Lipinski definition) is 1. The van der Waals surface area contributed by atoms with Gasteiger partial charge in [-0.25, -0.2) is 0 Å². The fraction of sp³-hybridized carbons (Fsp3) is 0.667. The highest BCUT2D eigenvalue weighted by molar-refractivity contribution is 7.96. The second kappa shape index (κ2) is 4.02. The molecular formula is C3H8OS. The largest absolute Gasteiger partial charge is 0.288 e. The lowest BCUT2D eigenvalue weighted by Crippen LogP contribution is -1.62. The Kier molecular flexibility index (Phi) is 7.15. The summed E-state index contributed by atoms with van der Waals surface area (Å²) >= 11 is 3.33. The van der Waals surface area contributed by atoms with Crippen LogP contribution in [0.25, 0.3) is 0 Å². The van der Waals surface area contributed by atoms with Crippen LogP contribution in [-0.2, 0) is 4.79 Å². The zero-order valence-electron chi connectivity index (χ0n) is 2.36. The molecule has 0 aliphatic heterocycles. The molecule has 0 saturated heterocycles. The van der Waals surface area contributed by atoms with E-state index in [0.29, 0.717) is 0 Å². The molecule has 2 heteroatoms. The monoisotopic (exact) mass is 92.0 g/mol. The van der Waals surface area contributed by atoms with Gasteiger partial charge in [-0.3, -0.25) is 4.79 Å². The second-order valence-corrected chi connectivity index (χ2v) is 1.15. The first-order valence-electron chi connectivity index (χ1n) is 0.928. The molecular weight excluding hydrogens is 84.1 g/mol. The lowest BCUT2D eigenvalue weighted by atomic mass is 10.9. The molecule has 1 nitrogen and oxygen atoms in total. The summed E-state index contributed by atoms with van der Waals surface area (Å²) in [6.07, 6.45) is 0. The summed E-state index contributed by atoms with van der Waals surface area (Å²) in [4.78, 5) is 9.31. The summed E-state index contributed by atoms with van der Waals surface area (Å²) < 4.78 is 0. The van der Waals surface area contributed by atoms with Gasteiger partial charge in [0, 0.05) is 6.92 Å². The first-order chi connectivity index (χ1) is 1.73. The average molecular weight is 92.2 g/mol. The van der Waals surface area contributed by atoms with E-state index in [1.54, 1.807) is 0 Å². The summed E-state index contributed by atoms with van der Waals surface area (Å²) in [5.41, 5.74) is 0. The number of hydrogen-bond acceptors (Lipinski definition) is 1. The Bertz CT molecular complexity index is 29.9. The Labute approximate surface area is 37.8 Å². The molecule has 5 heavy (non-hydrogen) atoms. The minimum Gasteiger partial charge on any atom is -0.288 e. The van der Waals surface area contributed by atoms with Crippen molar-refractivity contribution in [2.24, 2.45) is 0 Å². The predicted octanol–water partition coefficient (Wildman–Crippen LogP) is 1.10. The van der Waals surface area contributed by atoms with Crippen LogP contribution in [0.3, 0.4) is 0 Å². The highest BCUT2D eigenvalue weighted by Crippen LogP contribution is 1.66. The standard InChI is InChI=1S/C2H4OS.CH4/c1-2(3)4;/h1H3,(H,3,4);1H4. The maximum atomic E-state index is 9.31. The first kappa shape index (κ1) is 8.89. The van der Waals surface area contributed by atoms with Crippen molar-refractivity contribution < 1.29 is 4.79 Å². The smallest absolute Gasteiger partial charge is 0.182 e. The van der Waals surface area contributed by atoms with Gasteiger partial charge in [-0.15, -0.1) is 12.6 Å². The molecule has 0 aliphatic rings. The number of carbonyl (C=O) groups is 1. The number of thiol groups is 1. The van der Waals surface area contributed by atoms with Crippen LogP contribution in [-0.4, -0.2) is 5.12 Å². The number of rotatable bonds is 0. The maximum absolute atomic E-state index is 9.31. The van der Waals surface area contributed by atoms with Crippen LogP contribution >= 0.6 is 12.6 Å². The summed E-state index contributed by atoms with van der Waals surface area (Å²) in [7, 11) is 0. The summed E-state index contributed by atoms with van der Waals surface area (Å²) in [6, 6.07) is 0. The van der Waals surface area contributed by atoms with Gasteiger partial charge in [0.15, 0.2) is 5.12 Å². The normalized spacial score (nSPS) is 5.20. The van der Waals surface area contributed by atoms with Gasteiger partial charge in [0.2, 0.25) is 0 Å².